The summed E-state index contributed by atoms with van der Waals surface area (Å²) in [5.41, 5.74) is 1.11. The first kappa shape index (κ1) is 15.1. The van der Waals surface area contributed by atoms with E-state index in [4.69, 9.17) is 0 Å². The van der Waals surface area contributed by atoms with Crippen LogP contribution in [0.15, 0.2) is 47.2 Å². The lowest BCUT2D eigenvalue weighted by molar-refractivity contribution is -0.384. The largest absolute Gasteiger partial charge is 0.323 e. The van der Waals surface area contributed by atoms with Crippen molar-refractivity contribution in [3.05, 3.63) is 62.9 Å². The summed E-state index contributed by atoms with van der Waals surface area (Å²) < 4.78 is 0.532. The van der Waals surface area contributed by atoms with Gasteiger partial charge >= 0.3 is 0 Å². The van der Waals surface area contributed by atoms with Crippen molar-refractivity contribution < 1.29 is 9.72 Å². The first-order chi connectivity index (χ1) is 9.99. The Balaban J connectivity index is 2.18. The number of carbonyl (C=O) groups excluding carboxylic acids is 1. The molecular weight excluding hydrogens is 338 g/mol. The Morgan fingerprint density at radius 1 is 1.38 bits per heavy atom. The van der Waals surface area contributed by atoms with Crippen LogP contribution >= 0.6 is 15.9 Å². The number of anilines is 1. The van der Waals surface area contributed by atoms with Crippen LogP contribution < -0.4 is 5.32 Å². The average molecular weight is 350 g/mol. The molecule has 2 aromatic rings. The van der Waals surface area contributed by atoms with Gasteiger partial charge in [0.05, 0.1) is 16.5 Å². The molecule has 0 saturated heterocycles. The molecular formula is C14H12BrN3O3. The molecule has 0 fully saturated rings. The summed E-state index contributed by atoms with van der Waals surface area (Å²) in [6.45, 7) is 1.69. The van der Waals surface area contributed by atoms with Crippen molar-refractivity contribution in [1.82, 2.24) is 4.98 Å². The van der Waals surface area contributed by atoms with E-state index >= 15 is 0 Å². The fourth-order valence-electron chi connectivity index (χ4n) is 1.78. The number of amides is 1. The Hall–Kier alpha value is -2.28. The lowest BCUT2D eigenvalue weighted by atomic mass is 10.00. The lowest BCUT2D eigenvalue weighted by Crippen LogP contribution is -2.19. The lowest BCUT2D eigenvalue weighted by Gasteiger charge is -2.13. The number of pyridine rings is 1. The summed E-state index contributed by atoms with van der Waals surface area (Å²) in [6.07, 6.45) is 1.60. The van der Waals surface area contributed by atoms with E-state index in [1.807, 2.05) is 0 Å². The molecule has 1 aromatic carbocycles. The van der Waals surface area contributed by atoms with Crippen molar-refractivity contribution in [2.24, 2.45) is 0 Å². The standard InChI is InChI=1S/C14H12BrN3O3/c1-9(10-4-2-5-11(8-10)18(20)21)14(19)17-12-6-3-7-16-13(12)15/h2-9H,1H3,(H,17,19). The number of halogens is 1. The third-order valence-corrected chi connectivity index (χ3v) is 3.62. The second-order valence-corrected chi connectivity index (χ2v) is 5.16. The van der Waals surface area contributed by atoms with Crippen LogP contribution in [0.5, 0.6) is 0 Å². The number of nitrogens with zero attached hydrogens (tertiary/aromatic N) is 2. The number of non-ortho nitro benzene ring substituents is 1. The number of hydrogen-bond acceptors (Lipinski definition) is 4. The third-order valence-electron chi connectivity index (χ3n) is 2.99. The van der Waals surface area contributed by atoms with Crippen LogP contribution in [0.25, 0.3) is 0 Å². The first-order valence-corrected chi connectivity index (χ1v) is 6.94. The number of aromatic nitrogens is 1. The Morgan fingerprint density at radius 3 is 2.81 bits per heavy atom. The van der Waals surface area contributed by atoms with Gasteiger partial charge < -0.3 is 5.32 Å². The zero-order valence-corrected chi connectivity index (χ0v) is 12.7. The highest BCUT2D eigenvalue weighted by atomic mass is 79.9. The van der Waals surface area contributed by atoms with Gasteiger partial charge in [0.2, 0.25) is 5.91 Å². The van der Waals surface area contributed by atoms with Gasteiger partial charge in [-0.05, 0) is 40.5 Å². The Morgan fingerprint density at radius 2 is 2.14 bits per heavy atom. The molecule has 6 nitrogen and oxygen atoms in total. The molecule has 7 heteroatoms. The molecule has 1 amide bonds. The maximum atomic E-state index is 12.2. The van der Waals surface area contributed by atoms with Gasteiger partial charge in [-0.1, -0.05) is 12.1 Å². The van der Waals surface area contributed by atoms with E-state index in [1.165, 1.54) is 12.1 Å². The molecule has 1 atom stereocenters. The number of rotatable bonds is 4. The average Bonchev–Trinajstić information content (AvgIpc) is 2.49. The number of nitrogens with one attached hydrogen (secondary N) is 1. The van der Waals surface area contributed by atoms with Gasteiger partial charge in [-0.15, -0.1) is 0 Å². The smallest absolute Gasteiger partial charge is 0.269 e. The van der Waals surface area contributed by atoms with Crippen LogP contribution in [0, 0.1) is 10.1 Å². The highest BCUT2D eigenvalue weighted by molar-refractivity contribution is 9.10. The molecule has 2 rings (SSSR count). The van der Waals surface area contributed by atoms with Crippen LogP contribution in [0.2, 0.25) is 0 Å². The second-order valence-electron chi connectivity index (χ2n) is 4.40. The van der Waals surface area contributed by atoms with Crippen LogP contribution in [0.4, 0.5) is 11.4 Å². The van der Waals surface area contributed by atoms with Gasteiger partial charge in [0, 0.05) is 18.3 Å². The summed E-state index contributed by atoms with van der Waals surface area (Å²) >= 11 is 3.25. The number of hydrogen-bond donors (Lipinski definition) is 1. The Labute approximate surface area is 129 Å². The van der Waals surface area contributed by atoms with Crippen molar-refractivity contribution in [3.8, 4) is 0 Å². The van der Waals surface area contributed by atoms with E-state index in [2.05, 4.69) is 26.2 Å². The molecule has 0 aliphatic rings. The maximum Gasteiger partial charge on any atom is 0.269 e. The number of benzene rings is 1. The molecule has 0 radical (unpaired) electrons. The molecule has 21 heavy (non-hydrogen) atoms. The molecule has 0 aliphatic carbocycles. The van der Waals surface area contributed by atoms with Crippen LogP contribution in [0.3, 0.4) is 0 Å². The number of nitro benzene ring substituents is 1. The zero-order chi connectivity index (χ0) is 15.4. The molecule has 1 heterocycles. The fraction of sp³-hybridized carbons (Fsp3) is 0.143. The summed E-state index contributed by atoms with van der Waals surface area (Å²) in [4.78, 5) is 26.5. The topological polar surface area (TPSA) is 85.1 Å². The minimum atomic E-state index is -0.517. The zero-order valence-electron chi connectivity index (χ0n) is 11.1. The SMILES string of the molecule is CC(C(=O)Nc1cccnc1Br)c1cccc([N+](=O)[O-])c1. The highest BCUT2D eigenvalue weighted by Crippen LogP contribution is 2.24. The summed E-state index contributed by atoms with van der Waals surface area (Å²) in [6, 6.07) is 9.48. The number of carbonyl (C=O) groups is 1. The van der Waals surface area contributed by atoms with Gasteiger partial charge in [0.25, 0.3) is 5.69 Å². The van der Waals surface area contributed by atoms with Gasteiger partial charge in [-0.2, -0.15) is 0 Å². The van der Waals surface area contributed by atoms with Gasteiger partial charge in [-0.25, -0.2) is 4.98 Å². The summed E-state index contributed by atoms with van der Waals surface area (Å²) in [7, 11) is 0. The first-order valence-electron chi connectivity index (χ1n) is 6.15. The molecule has 1 aromatic heterocycles. The van der Waals surface area contributed by atoms with Gasteiger partial charge in [-0.3, -0.25) is 14.9 Å². The van der Waals surface area contributed by atoms with Gasteiger partial charge in [0.1, 0.15) is 4.60 Å². The van der Waals surface area contributed by atoms with E-state index < -0.39 is 10.8 Å². The molecule has 108 valence electrons. The van der Waals surface area contributed by atoms with E-state index in [-0.39, 0.29) is 11.6 Å². The quantitative estimate of drug-likeness (QED) is 0.520. The Bertz CT molecular complexity index is 691. The molecule has 1 N–H and O–H groups in total. The summed E-state index contributed by atoms with van der Waals surface area (Å²) in [5, 5.41) is 13.5. The van der Waals surface area contributed by atoms with Crippen molar-refractivity contribution in [3.63, 3.8) is 0 Å². The predicted octanol–water partition coefficient (Wildman–Crippen LogP) is 3.49. The minimum Gasteiger partial charge on any atom is -0.323 e. The fourth-order valence-corrected chi connectivity index (χ4v) is 2.13. The molecule has 0 saturated carbocycles. The van der Waals surface area contributed by atoms with Gasteiger partial charge in [0.15, 0.2) is 0 Å². The monoisotopic (exact) mass is 349 g/mol. The van der Waals surface area contributed by atoms with Crippen molar-refractivity contribution >= 4 is 33.2 Å². The van der Waals surface area contributed by atoms with E-state index in [9.17, 15) is 14.9 Å². The molecule has 1 unspecified atom stereocenters. The van der Waals surface area contributed by atoms with E-state index in [1.54, 1.807) is 37.4 Å². The predicted molar refractivity (Wildman–Crippen MR) is 82.1 cm³/mol. The van der Waals surface area contributed by atoms with E-state index in [0.717, 1.165) is 0 Å². The molecule has 0 bridgehead atoms. The highest BCUT2D eigenvalue weighted by Gasteiger charge is 2.18. The normalized spacial score (nSPS) is 11.7. The maximum absolute atomic E-state index is 12.2. The van der Waals surface area contributed by atoms with E-state index in [0.29, 0.717) is 15.9 Å². The number of nitro groups is 1. The third kappa shape index (κ3) is 3.63. The van der Waals surface area contributed by atoms with Crippen LogP contribution in [-0.2, 0) is 4.79 Å². The second kappa shape index (κ2) is 6.45. The minimum absolute atomic E-state index is 0.0327. The summed E-state index contributed by atoms with van der Waals surface area (Å²) in [5.74, 6) is -0.777. The molecule has 0 aliphatic heterocycles. The van der Waals surface area contributed by atoms with Crippen LogP contribution in [-0.4, -0.2) is 15.8 Å². The van der Waals surface area contributed by atoms with Crippen molar-refractivity contribution in [2.45, 2.75) is 12.8 Å². The van der Waals surface area contributed by atoms with Crippen molar-refractivity contribution in [2.75, 3.05) is 5.32 Å². The molecule has 0 spiro atoms. The Kier molecular flexibility index (Phi) is 4.64. The van der Waals surface area contributed by atoms with Crippen LogP contribution in [0.1, 0.15) is 18.4 Å². The van der Waals surface area contributed by atoms with Crippen molar-refractivity contribution in [1.29, 1.82) is 0 Å².